The second kappa shape index (κ2) is 4.71. The molecule has 2 amide bonds. The third-order valence-electron chi connectivity index (χ3n) is 1.55. The lowest BCUT2D eigenvalue weighted by atomic mass is 10.3. The Hall–Kier alpha value is -1.10. The first kappa shape index (κ1) is 10.9. The highest BCUT2D eigenvalue weighted by molar-refractivity contribution is 6.34. The average Bonchev–Trinajstić information content (AvgIpc) is 2.03. The van der Waals surface area contributed by atoms with Crippen molar-refractivity contribution >= 4 is 11.8 Å². The molecule has 0 aromatic rings. The van der Waals surface area contributed by atoms with Gasteiger partial charge in [-0.2, -0.15) is 0 Å². The number of rotatable bonds is 2. The fraction of sp³-hybridized carbons (Fsp3) is 0.714. The minimum absolute atomic E-state index is 0.0137. The molecule has 0 heterocycles. The van der Waals surface area contributed by atoms with E-state index in [1.165, 1.54) is 4.90 Å². The normalized spacial score (nSPS) is 9.75. The van der Waals surface area contributed by atoms with E-state index in [0.29, 0.717) is 6.54 Å². The van der Waals surface area contributed by atoms with Gasteiger partial charge >= 0.3 is 11.8 Å². The number of carbonyl (C=O) groups excluding carboxylic acids is 2. The number of nitrogens with two attached hydrogens (primary N) is 1. The first-order chi connectivity index (χ1) is 5.54. The molecule has 0 aliphatic carbocycles. The van der Waals surface area contributed by atoms with Gasteiger partial charge in [-0.25, -0.2) is 5.84 Å². The molecule has 0 aromatic carbocycles. The van der Waals surface area contributed by atoms with Crippen molar-refractivity contribution in [2.75, 3.05) is 6.54 Å². The first-order valence-corrected chi connectivity index (χ1v) is 3.86. The zero-order chi connectivity index (χ0) is 9.72. The van der Waals surface area contributed by atoms with Crippen molar-refractivity contribution in [1.82, 2.24) is 10.3 Å². The van der Waals surface area contributed by atoms with Crippen LogP contribution in [0.15, 0.2) is 0 Å². The molecule has 0 aliphatic rings. The summed E-state index contributed by atoms with van der Waals surface area (Å²) in [5.41, 5.74) is 1.80. The molecule has 0 saturated heterocycles. The van der Waals surface area contributed by atoms with Crippen LogP contribution in [0.3, 0.4) is 0 Å². The van der Waals surface area contributed by atoms with Crippen LogP contribution in [0.4, 0.5) is 0 Å². The lowest BCUT2D eigenvalue weighted by Crippen LogP contribution is -2.47. The van der Waals surface area contributed by atoms with Crippen LogP contribution in [0.25, 0.3) is 0 Å². The molecule has 0 spiro atoms. The summed E-state index contributed by atoms with van der Waals surface area (Å²) in [6, 6.07) is 0.0137. The molecule has 0 rings (SSSR count). The fourth-order valence-corrected chi connectivity index (χ4v) is 0.935. The van der Waals surface area contributed by atoms with Gasteiger partial charge in [0.25, 0.3) is 0 Å². The molecular formula is C7H15N3O2. The minimum Gasteiger partial charge on any atom is -0.332 e. The molecule has 0 aliphatic heterocycles. The highest BCUT2D eigenvalue weighted by Gasteiger charge is 2.21. The summed E-state index contributed by atoms with van der Waals surface area (Å²) in [4.78, 5) is 23.4. The maximum Gasteiger partial charge on any atom is 0.323 e. The summed E-state index contributed by atoms with van der Waals surface area (Å²) in [5, 5.41) is 0. The van der Waals surface area contributed by atoms with Crippen molar-refractivity contribution in [3.8, 4) is 0 Å². The van der Waals surface area contributed by atoms with Crippen molar-refractivity contribution in [2.45, 2.75) is 26.8 Å². The van der Waals surface area contributed by atoms with Gasteiger partial charge in [0.1, 0.15) is 0 Å². The van der Waals surface area contributed by atoms with Gasteiger partial charge in [-0.3, -0.25) is 15.0 Å². The zero-order valence-electron chi connectivity index (χ0n) is 7.63. The number of amides is 2. The van der Waals surface area contributed by atoms with Crippen LogP contribution in [0.5, 0.6) is 0 Å². The van der Waals surface area contributed by atoms with Crippen molar-refractivity contribution in [3.05, 3.63) is 0 Å². The Kier molecular flexibility index (Phi) is 4.28. The van der Waals surface area contributed by atoms with Gasteiger partial charge in [0.15, 0.2) is 0 Å². The van der Waals surface area contributed by atoms with E-state index in [1.807, 2.05) is 20.8 Å². The van der Waals surface area contributed by atoms with Gasteiger partial charge in [0.2, 0.25) is 0 Å². The second-order valence-corrected chi connectivity index (χ2v) is 2.66. The predicted octanol–water partition coefficient (Wildman–Crippen LogP) is -0.767. The smallest absolute Gasteiger partial charge is 0.323 e. The number of nitrogens with zero attached hydrogens (tertiary/aromatic N) is 1. The summed E-state index contributed by atoms with van der Waals surface area (Å²) in [6.45, 7) is 5.99. The van der Waals surface area contributed by atoms with Gasteiger partial charge in [-0.15, -0.1) is 0 Å². The van der Waals surface area contributed by atoms with Gasteiger partial charge in [0.05, 0.1) is 0 Å². The van der Waals surface area contributed by atoms with Crippen molar-refractivity contribution < 1.29 is 9.59 Å². The molecule has 0 bridgehead atoms. The van der Waals surface area contributed by atoms with Gasteiger partial charge in [-0.05, 0) is 20.8 Å². The summed E-state index contributed by atoms with van der Waals surface area (Å²) in [6.07, 6.45) is 0. The van der Waals surface area contributed by atoms with Gasteiger partial charge in [-0.1, -0.05) is 0 Å². The Morgan fingerprint density at radius 1 is 1.50 bits per heavy atom. The van der Waals surface area contributed by atoms with Crippen LogP contribution >= 0.6 is 0 Å². The molecular weight excluding hydrogens is 158 g/mol. The summed E-state index contributed by atoms with van der Waals surface area (Å²) in [7, 11) is 0. The van der Waals surface area contributed by atoms with Gasteiger partial charge in [0, 0.05) is 12.6 Å². The van der Waals surface area contributed by atoms with Crippen LogP contribution < -0.4 is 11.3 Å². The molecule has 12 heavy (non-hydrogen) atoms. The standard InChI is InChI=1S/C7H15N3O2/c1-4-10(5(2)3)7(12)6(11)9-8/h5H,4,8H2,1-3H3,(H,9,11). The second-order valence-electron chi connectivity index (χ2n) is 2.66. The number of hydrazine groups is 1. The number of likely N-dealkylation sites (N-methyl/N-ethyl adjacent to an activating group) is 1. The lowest BCUT2D eigenvalue weighted by Gasteiger charge is -2.23. The number of carbonyl (C=O) groups is 2. The van der Waals surface area contributed by atoms with E-state index in [1.54, 1.807) is 5.43 Å². The number of hydrogen-bond acceptors (Lipinski definition) is 3. The molecule has 0 aromatic heterocycles. The van der Waals surface area contributed by atoms with Crippen LogP contribution in [-0.4, -0.2) is 29.3 Å². The predicted molar refractivity (Wildman–Crippen MR) is 44.9 cm³/mol. The quantitative estimate of drug-likeness (QED) is 0.249. The third-order valence-corrected chi connectivity index (χ3v) is 1.55. The summed E-state index contributed by atoms with van der Waals surface area (Å²) >= 11 is 0. The van der Waals surface area contributed by atoms with E-state index in [2.05, 4.69) is 0 Å². The van der Waals surface area contributed by atoms with E-state index < -0.39 is 11.8 Å². The van der Waals surface area contributed by atoms with E-state index in [0.717, 1.165) is 0 Å². The van der Waals surface area contributed by atoms with Crippen LogP contribution in [0.1, 0.15) is 20.8 Å². The maximum atomic E-state index is 11.2. The molecule has 5 nitrogen and oxygen atoms in total. The third kappa shape index (κ3) is 2.50. The molecule has 0 radical (unpaired) electrons. The summed E-state index contributed by atoms with van der Waals surface area (Å²) < 4.78 is 0. The van der Waals surface area contributed by atoms with Crippen LogP contribution in [0, 0.1) is 0 Å². The molecule has 3 N–H and O–H groups in total. The number of hydrogen-bond donors (Lipinski definition) is 2. The van der Waals surface area contributed by atoms with Gasteiger partial charge < -0.3 is 4.90 Å². The highest BCUT2D eigenvalue weighted by atomic mass is 16.2. The number of nitrogens with one attached hydrogen (secondary N) is 1. The van der Waals surface area contributed by atoms with E-state index in [9.17, 15) is 9.59 Å². The molecule has 0 unspecified atom stereocenters. The zero-order valence-corrected chi connectivity index (χ0v) is 7.63. The fourth-order valence-electron chi connectivity index (χ4n) is 0.935. The molecule has 0 atom stereocenters. The lowest BCUT2D eigenvalue weighted by molar-refractivity contribution is -0.146. The Labute approximate surface area is 71.9 Å². The molecule has 70 valence electrons. The topological polar surface area (TPSA) is 75.4 Å². The van der Waals surface area contributed by atoms with E-state index >= 15 is 0 Å². The van der Waals surface area contributed by atoms with Crippen molar-refractivity contribution in [2.24, 2.45) is 5.84 Å². The van der Waals surface area contributed by atoms with E-state index in [-0.39, 0.29) is 6.04 Å². The monoisotopic (exact) mass is 173 g/mol. The minimum atomic E-state index is -0.773. The molecule has 0 saturated carbocycles. The average molecular weight is 173 g/mol. The first-order valence-electron chi connectivity index (χ1n) is 3.86. The van der Waals surface area contributed by atoms with Crippen molar-refractivity contribution in [1.29, 1.82) is 0 Å². The molecule has 5 heteroatoms. The van der Waals surface area contributed by atoms with E-state index in [4.69, 9.17) is 5.84 Å². The van der Waals surface area contributed by atoms with Crippen molar-refractivity contribution in [3.63, 3.8) is 0 Å². The Morgan fingerprint density at radius 3 is 2.25 bits per heavy atom. The van der Waals surface area contributed by atoms with Crippen LogP contribution in [-0.2, 0) is 9.59 Å². The summed E-state index contributed by atoms with van der Waals surface area (Å²) in [5.74, 6) is 3.46. The largest absolute Gasteiger partial charge is 0.332 e. The SMILES string of the molecule is CCN(C(=O)C(=O)NN)C(C)C. The Bertz CT molecular complexity index is 179. The Balaban J connectivity index is 4.32. The Morgan fingerprint density at radius 2 is 2.00 bits per heavy atom. The highest BCUT2D eigenvalue weighted by Crippen LogP contribution is 1.97. The molecule has 0 fully saturated rings. The maximum absolute atomic E-state index is 11.2. The van der Waals surface area contributed by atoms with Crippen LogP contribution in [0.2, 0.25) is 0 Å².